The molecule has 0 aliphatic carbocycles. The summed E-state index contributed by atoms with van der Waals surface area (Å²) in [4.78, 5) is 28.3. The number of carbonyl (C=O) groups excluding carboxylic acids is 1. The molecular formula is C39H38F6N6O4. The lowest BCUT2D eigenvalue weighted by atomic mass is 9.93. The van der Waals surface area contributed by atoms with Gasteiger partial charge in [-0.3, -0.25) is 14.7 Å². The molecule has 55 heavy (non-hydrogen) atoms. The van der Waals surface area contributed by atoms with Gasteiger partial charge in [0.05, 0.1) is 10.9 Å². The van der Waals surface area contributed by atoms with Gasteiger partial charge in [0.1, 0.15) is 41.4 Å². The Morgan fingerprint density at radius 3 is 2.67 bits per heavy atom. The van der Waals surface area contributed by atoms with Crippen molar-refractivity contribution in [2.45, 2.75) is 68.5 Å². The molecule has 1 amide bonds. The number of pyridine rings is 1. The van der Waals surface area contributed by atoms with E-state index in [9.17, 15) is 14.3 Å². The number of terminal acetylenes is 1. The first-order valence-corrected chi connectivity index (χ1v) is 18.0. The Labute approximate surface area is 312 Å². The van der Waals surface area contributed by atoms with Gasteiger partial charge in [0.2, 0.25) is 5.91 Å². The smallest absolute Gasteiger partial charge is 0.410 e. The normalized spacial score (nSPS) is 22.7. The first-order chi connectivity index (χ1) is 26.3. The number of aromatic nitrogens is 3. The van der Waals surface area contributed by atoms with Crippen LogP contribution in [0.25, 0.3) is 32.9 Å². The average Bonchev–Trinajstić information content (AvgIpc) is 3.35. The highest BCUT2D eigenvalue weighted by molar-refractivity contribution is 6.03. The first kappa shape index (κ1) is 38.1. The van der Waals surface area contributed by atoms with Gasteiger partial charge in [-0.25, -0.2) is 13.2 Å². The number of nitrogens with zero attached hydrogens (tertiary/aromatic N) is 5. The summed E-state index contributed by atoms with van der Waals surface area (Å²) in [6.07, 6.45) is 2.93. The van der Waals surface area contributed by atoms with E-state index in [0.717, 1.165) is 17.0 Å². The van der Waals surface area contributed by atoms with E-state index in [4.69, 9.17) is 15.9 Å². The fraction of sp³-hybridized carbons (Fsp3) is 0.436. The Bertz CT molecular complexity index is 2170. The Morgan fingerprint density at radius 1 is 1.16 bits per heavy atom. The average molecular weight is 769 g/mol. The van der Waals surface area contributed by atoms with Gasteiger partial charge >= 0.3 is 12.2 Å². The van der Waals surface area contributed by atoms with Gasteiger partial charge in [-0.05, 0) is 61.8 Å². The predicted octanol–water partition coefficient (Wildman–Crippen LogP) is 6.37. The van der Waals surface area contributed by atoms with Crippen LogP contribution in [-0.4, -0.2) is 100 Å². The summed E-state index contributed by atoms with van der Waals surface area (Å²) in [6.45, 7) is 2.98. The molecule has 3 atom stereocenters. The maximum atomic E-state index is 17.0. The Balaban J connectivity index is 1.37. The van der Waals surface area contributed by atoms with E-state index in [2.05, 4.69) is 32.8 Å². The number of halogens is 6. The molecule has 3 fully saturated rings. The molecule has 3 aliphatic rings. The molecule has 2 aromatic heterocycles. The summed E-state index contributed by atoms with van der Waals surface area (Å²) in [7, 11) is 0. The number of ether oxygens (including phenoxy) is 2. The lowest BCUT2D eigenvalue weighted by molar-refractivity contribution is -0.241. The Hall–Kier alpha value is -5.14. The van der Waals surface area contributed by atoms with Gasteiger partial charge in [0.25, 0.3) is 0 Å². The first-order valence-electron chi connectivity index (χ1n) is 18.0. The number of anilines is 1. The van der Waals surface area contributed by atoms with E-state index < -0.39 is 78.6 Å². The molecule has 4 aromatic rings. The van der Waals surface area contributed by atoms with Crippen molar-refractivity contribution in [3.63, 3.8) is 0 Å². The molecule has 16 heteroatoms. The minimum atomic E-state index is -4.93. The molecule has 5 heterocycles. The third kappa shape index (κ3) is 7.22. The molecule has 2 aromatic carbocycles. The van der Waals surface area contributed by atoms with Crippen molar-refractivity contribution >= 4 is 33.4 Å². The van der Waals surface area contributed by atoms with Crippen LogP contribution in [0, 0.1) is 24.0 Å². The number of rotatable bonds is 8. The van der Waals surface area contributed by atoms with Gasteiger partial charge in [0.15, 0.2) is 11.4 Å². The van der Waals surface area contributed by atoms with E-state index in [1.54, 1.807) is 4.90 Å². The lowest BCUT2D eigenvalue weighted by Crippen LogP contribution is -2.62. The predicted molar refractivity (Wildman–Crippen MR) is 192 cm³/mol. The van der Waals surface area contributed by atoms with Crippen LogP contribution in [0.4, 0.5) is 32.2 Å². The molecule has 10 nitrogen and oxygen atoms in total. The monoisotopic (exact) mass is 768 g/mol. The molecule has 3 aliphatic heterocycles. The molecule has 3 saturated heterocycles. The molecule has 0 bridgehead atoms. The number of benzene rings is 2. The van der Waals surface area contributed by atoms with E-state index in [1.165, 1.54) is 24.4 Å². The van der Waals surface area contributed by atoms with Gasteiger partial charge in [-0.2, -0.15) is 23.1 Å². The minimum absolute atomic E-state index is 0.0606. The zero-order valence-electron chi connectivity index (χ0n) is 29.6. The number of hydrogen-bond donors (Lipinski definition) is 2. The van der Waals surface area contributed by atoms with Crippen molar-refractivity contribution in [1.82, 2.24) is 25.2 Å². The van der Waals surface area contributed by atoms with Crippen LogP contribution in [0.2, 0.25) is 0 Å². The second-order valence-electron chi connectivity index (χ2n) is 14.1. The highest BCUT2D eigenvalue weighted by atomic mass is 19.4. The number of aromatic hydroxyl groups is 1. The van der Waals surface area contributed by atoms with Crippen LogP contribution in [0.1, 0.15) is 44.1 Å². The van der Waals surface area contributed by atoms with Crippen LogP contribution >= 0.6 is 0 Å². The number of phenols is 1. The van der Waals surface area contributed by atoms with Crippen molar-refractivity contribution in [1.29, 1.82) is 0 Å². The van der Waals surface area contributed by atoms with Crippen molar-refractivity contribution in [2.24, 2.45) is 0 Å². The number of fused-ring (bicyclic) bond motifs is 2. The minimum Gasteiger partial charge on any atom is -0.508 e. The zero-order chi connectivity index (χ0) is 39.1. The number of carbonyl (C=O) groups is 1. The molecule has 2 N–H and O–H groups in total. The van der Waals surface area contributed by atoms with Crippen LogP contribution in [-0.2, 0) is 9.53 Å². The highest BCUT2D eigenvalue weighted by Gasteiger charge is 2.65. The molecule has 0 saturated carbocycles. The third-order valence-corrected chi connectivity index (χ3v) is 10.7. The SMILES string of the molecule is C#Cc1c(F)ccc2cc(O)cc(-c3ncc4c(N5CCCCC(NC(=O)C=C)C5)nc(OC[C@]5(C(F)(F)F)C[C@@H](F)CN5C5CCOCC5)nc4c3F)c12. The molecule has 0 spiro atoms. The molecule has 290 valence electrons. The molecular weight excluding hydrogens is 730 g/mol. The summed E-state index contributed by atoms with van der Waals surface area (Å²) in [5.74, 6) is -0.186. The number of alkyl halides is 4. The topological polar surface area (TPSA) is 113 Å². The molecule has 7 rings (SSSR count). The summed E-state index contributed by atoms with van der Waals surface area (Å²) >= 11 is 0. The summed E-state index contributed by atoms with van der Waals surface area (Å²) in [6, 6.07) is 3.37. The van der Waals surface area contributed by atoms with Crippen molar-refractivity contribution in [2.75, 3.05) is 44.4 Å². The van der Waals surface area contributed by atoms with Crippen LogP contribution in [0.15, 0.2) is 43.1 Å². The van der Waals surface area contributed by atoms with E-state index in [-0.39, 0.29) is 71.8 Å². The maximum absolute atomic E-state index is 17.0. The summed E-state index contributed by atoms with van der Waals surface area (Å²) in [5, 5.41) is 13.9. The number of amides is 1. The number of nitrogens with one attached hydrogen (secondary N) is 1. The van der Waals surface area contributed by atoms with E-state index in [0.29, 0.717) is 31.2 Å². The van der Waals surface area contributed by atoms with Gasteiger partial charge in [0, 0.05) is 68.5 Å². The van der Waals surface area contributed by atoms with Crippen molar-refractivity contribution in [3.05, 3.63) is 60.3 Å². The van der Waals surface area contributed by atoms with Crippen molar-refractivity contribution in [3.8, 4) is 35.4 Å². The van der Waals surface area contributed by atoms with Crippen LogP contribution in [0.5, 0.6) is 11.8 Å². The largest absolute Gasteiger partial charge is 0.508 e. The number of phenolic OH excluding ortho intramolecular Hbond substituents is 1. The van der Waals surface area contributed by atoms with E-state index in [1.807, 2.05) is 0 Å². The summed E-state index contributed by atoms with van der Waals surface area (Å²) < 4.78 is 104. The van der Waals surface area contributed by atoms with Crippen LogP contribution in [0.3, 0.4) is 0 Å². The van der Waals surface area contributed by atoms with Gasteiger partial charge in [-0.15, -0.1) is 6.42 Å². The fourth-order valence-electron chi connectivity index (χ4n) is 8.10. The zero-order valence-corrected chi connectivity index (χ0v) is 29.6. The number of likely N-dealkylation sites (tertiary alicyclic amines) is 1. The third-order valence-electron chi connectivity index (χ3n) is 10.7. The van der Waals surface area contributed by atoms with Crippen LogP contribution < -0.4 is 15.0 Å². The second kappa shape index (κ2) is 15.2. The van der Waals surface area contributed by atoms with Gasteiger partial charge < -0.3 is 24.8 Å². The lowest BCUT2D eigenvalue weighted by Gasteiger charge is -2.44. The maximum Gasteiger partial charge on any atom is 0.410 e. The quantitative estimate of drug-likeness (QED) is 0.120. The molecule has 0 radical (unpaired) electrons. The molecule has 1 unspecified atom stereocenters. The van der Waals surface area contributed by atoms with Gasteiger partial charge in [-0.1, -0.05) is 18.6 Å². The second-order valence-corrected chi connectivity index (χ2v) is 14.1. The van der Waals surface area contributed by atoms with E-state index >= 15 is 22.0 Å². The standard InChI is InChI=1S/C39H38F6N6O4/c1-3-27-30(41)9-8-22-15-26(52)16-28(32(22)27)34-33(42)35-29(18-46-34)36(50-12-6-5-7-24(20-50)47-31(53)4-2)49-37(48-35)55-21-38(39(43,44)45)17-23(40)19-51(38)25-10-13-54-14-11-25/h1,4,8-9,15-16,18,23-25,52H,2,5-7,10-14,17,19-21H2,(H,47,53)/t23-,24?,38+/m1/s1. The summed E-state index contributed by atoms with van der Waals surface area (Å²) in [5.41, 5.74) is -3.78. The highest BCUT2D eigenvalue weighted by Crippen LogP contribution is 2.47. The Morgan fingerprint density at radius 2 is 1.95 bits per heavy atom. The number of hydrogen-bond acceptors (Lipinski definition) is 9. The van der Waals surface area contributed by atoms with Crippen molar-refractivity contribution < 1.29 is 45.7 Å². The Kier molecular flexibility index (Phi) is 10.5. The fourth-order valence-corrected chi connectivity index (χ4v) is 8.10.